The van der Waals surface area contributed by atoms with Crippen LogP contribution in [0.2, 0.25) is 0 Å². The molecule has 0 saturated heterocycles. The normalized spacial score (nSPS) is 12.0. The predicted octanol–water partition coefficient (Wildman–Crippen LogP) is 3.79. The molecule has 27 heavy (non-hydrogen) atoms. The maximum atomic E-state index is 12.5. The first-order valence-electron chi connectivity index (χ1n) is 8.78. The highest BCUT2D eigenvalue weighted by Gasteiger charge is 2.17. The smallest absolute Gasteiger partial charge is 0.263 e. The zero-order valence-corrected chi connectivity index (χ0v) is 16.0. The largest absolute Gasteiger partial charge is 0.494 e. The van der Waals surface area contributed by atoms with Crippen LogP contribution >= 0.6 is 0 Å². The molecule has 1 atom stereocenters. The standard InChI is InChI=1S/C21H24N4O2/c1-5-27-19-7-6-14(2)10-18(19)16(4)25-21(26)17(12-22)13-24-20-11-15(3)8-9-23-20/h6-11,13,16H,5H2,1-4H3,(H,23,24)(H,25,26)/b17-13-. The van der Waals surface area contributed by atoms with Crippen molar-refractivity contribution in [3.05, 3.63) is 65.0 Å². The number of amides is 1. The van der Waals surface area contributed by atoms with Crippen molar-refractivity contribution < 1.29 is 9.53 Å². The summed E-state index contributed by atoms with van der Waals surface area (Å²) in [7, 11) is 0. The van der Waals surface area contributed by atoms with E-state index in [1.807, 2.05) is 64.1 Å². The summed E-state index contributed by atoms with van der Waals surface area (Å²) in [5.41, 5.74) is 2.93. The summed E-state index contributed by atoms with van der Waals surface area (Å²) in [6.45, 7) is 8.22. The summed E-state index contributed by atoms with van der Waals surface area (Å²) in [6, 6.07) is 11.1. The molecule has 1 heterocycles. The molecule has 0 radical (unpaired) electrons. The van der Waals surface area contributed by atoms with E-state index in [2.05, 4.69) is 15.6 Å². The van der Waals surface area contributed by atoms with Gasteiger partial charge < -0.3 is 15.4 Å². The Balaban J connectivity index is 2.13. The van der Waals surface area contributed by atoms with Crippen molar-refractivity contribution in [3.63, 3.8) is 0 Å². The van der Waals surface area contributed by atoms with E-state index in [0.717, 1.165) is 22.4 Å². The van der Waals surface area contributed by atoms with Gasteiger partial charge >= 0.3 is 0 Å². The van der Waals surface area contributed by atoms with Crippen LogP contribution in [-0.4, -0.2) is 17.5 Å². The molecular formula is C21H24N4O2. The molecule has 2 rings (SSSR count). The Morgan fingerprint density at radius 3 is 2.70 bits per heavy atom. The molecule has 1 unspecified atom stereocenters. The summed E-state index contributed by atoms with van der Waals surface area (Å²) in [5, 5.41) is 15.1. The van der Waals surface area contributed by atoms with Gasteiger partial charge in [0.05, 0.1) is 12.6 Å². The van der Waals surface area contributed by atoms with Gasteiger partial charge in [-0.1, -0.05) is 17.7 Å². The number of hydrogen-bond acceptors (Lipinski definition) is 5. The van der Waals surface area contributed by atoms with E-state index in [1.54, 1.807) is 6.20 Å². The zero-order valence-electron chi connectivity index (χ0n) is 16.0. The van der Waals surface area contributed by atoms with Crippen LogP contribution in [0.4, 0.5) is 5.82 Å². The number of nitriles is 1. The van der Waals surface area contributed by atoms with Crippen molar-refractivity contribution in [2.75, 3.05) is 11.9 Å². The number of anilines is 1. The van der Waals surface area contributed by atoms with Gasteiger partial charge in [-0.25, -0.2) is 4.98 Å². The Morgan fingerprint density at radius 2 is 2.04 bits per heavy atom. The maximum Gasteiger partial charge on any atom is 0.263 e. The molecule has 0 fully saturated rings. The second-order valence-corrected chi connectivity index (χ2v) is 6.20. The Morgan fingerprint density at radius 1 is 1.30 bits per heavy atom. The molecule has 2 N–H and O–H groups in total. The Labute approximate surface area is 159 Å². The average molecular weight is 364 g/mol. The summed E-state index contributed by atoms with van der Waals surface area (Å²) >= 11 is 0. The molecule has 6 nitrogen and oxygen atoms in total. The highest BCUT2D eigenvalue weighted by atomic mass is 16.5. The molecule has 0 saturated carbocycles. The lowest BCUT2D eigenvalue weighted by Gasteiger charge is -2.18. The van der Waals surface area contributed by atoms with Gasteiger partial charge in [-0.05, 0) is 51.5 Å². The number of benzene rings is 1. The molecule has 0 aliphatic heterocycles. The lowest BCUT2D eigenvalue weighted by atomic mass is 10.0. The van der Waals surface area contributed by atoms with Crippen molar-refractivity contribution in [1.29, 1.82) is 5.26 Å². The first-order chi connectivity index (χ1) is 12.9. The van der Waals surface area contributed by atoms with Gasteiger partial charge in [0.2, 0.25) is 0 Å². The van der Waals surface area contributed by atoms with Crippen LogP contribution in [0.3, 0.4) is 0 Å². The summed E-state index contributed by atoms with van der Waals surface area (Å²) in [5.74, 6) is 0.829. The number of rotatable bonds is 7. The Hall–Kier alpha value is -3.33. The van der Waals surface area contributed by atoms with E-state index < -0.39 is 5.91 Å². The van der Waals surface area contributed by atoms with Crippen LogP contribution in [0.25, 0.3) is 0 Å². The SMILES string of the molecule is CCOc1ccc(C)cc1C(C)NC(=O)/C(C#N)=C\Nc1cc(C)ccn1. The number of carbonyl (C=O) groups excluding carboxylic acids is 1. The van der Waals surface area contributed by atoms with Crippen molar-refractivity contribution in [2.45, 2.75) is 33.7 Å². The minimum absolute atomic E-state index is 0.0317. The average Bonchev–Trinajstić information content (AvgIpc) is 2.64. The van der Waals surface area contributed by atoms with Crippen LogP contribution in [-0.2, 0) is 4.79 Å². The van der Waals surface area contributed by atoms with Gasteiger partial charge in [0.15, 0.2) is 0 Å². The van der Waals surface area contributed by atoms with E-state index in [4.69, 9.17) is 4.74 Å². The fourth-order valence-electron chi connectivity index (χ4n) is 2.56. The minimum atomic E-state index is -0.464. The molecule has 0 bridgehead atoms. The van der Waals surface area contributed by atoms with Gasteiger partial charge in [0.25, 0.3) is 5.91 Å². The number of pyridine rings is 1. The number of carbonyl (C=O) groups is 1. The van der Waals surface area contributed by atoms with E-state index >= 15 is 0 Å². The van der Waals surface area contributed by atoms with Gasteiger partial charge in [-0.2, -0.15) is 5.26 Å². The molecule has 2 aromatic rings. The van der Waals surface area contributed by atoms with Gasteiger partial charge in [0, 0.05) is 18.0 Å². The molecule has 0 aliphatic rings. The summed E-state index contributed by atoms with van der Waals surface area (Å²) in [4.78, 5) is 16.6. The van der Waals surface area contributed by atoms with Crippen LogP contribution in [0.5, 0.6) is 5.75 Å². The van der Waals surface area contributed by atoms with Crippen molar-refractivity contribution >= 4 is 11.7 Å². The first kappa shape index (κ1) is 20.0. The highest BCUT2D eigenvalue weighted by Crippen LogP contribution is 2.26. The number of hydrogen-bond donors (Lipinski definition) is 2. The van der Waals surface area contributed by atoms with E-state index in [0.29, 0.717) is 12.4 Å². The summed E-state index contributed by atoms with van der Waals surface area (Å²) in [6.07, 6.45) is 3.02. The van der Waals surface area contributed by atoms with Gasteiger partial charge in [0.1, 0.15) is 23.2 Å². The second-order valence-electron chi connectivity index (χ2n) is 6.20. The molecular weight excluding hydrogens is 340 g/mol. The third-order valence-corrected chi connectivity index (χ3v) is 3.92. The monoisotopic (exact) mass is 364 g/mol. The number of aromatic nitrogens is 1. The van der Waals surface area contributed by atoms with Gasteiger partial charge in [-0.15, -0.1) is 0 Å². The molecule has 6 heteroatoms. The van der Waals surface area contributed by atoms with E-state index in [1.165, 1.54) is 6.20 Å². The molecule has 0 spiro atoms. The third kappa shape index (κ3) is 5.58. The number of ether oxygens (including phenoxy) is 1. The van der Waals surface area contributed by atoms with E-state index in [-0.39, 0.29) is 11.6 Å². The maximum absolute atomic E-state index is 12.5. The Kier molecular flexibility index (Phi) is 6.95. The molecule has 0 aliphatic carbocycles. The number of nitrogens with zero attached hydrogens (tertiary/aromatic N) is 2. The number of aryl methyl sites for hydroxylation is 2. The second kappa shape index (κ2) is 9.39. The fraction of sp³-hybridized carbons (Fsp3) is 0.286. The molecule has 140 valence electrons. The minimum Gasteiger partial charge on any atom is -0.494 e. The summed E-state index contributed by atoms with van der Waals surface area (Å²) < 4.78 is 5.65. The van der Waals surface area contributed by atoms with Crippen molar-refractivity contribution in [1.82, 2.24) is 10.3 Å². The van der Waals surface area contributed by atoms with Crippen molar-refractivity contribution in [3.8, 4) is 11.8 Å². The lowest BCUT2D eigenvalue weighted by Crippen LogP contribution is -2.28. The molecule has 1 amide bonds. The van der Waals surface area contributed by atoms with Crippen molar-refractivity contribution in [2.24, 2.45) is 0 Å². The highest BCUT2D eigenvalue weighted by molar-refractivity contribution is 5.97. The number of nitrogens with one attached hydrogen (secondary N) is 2. The van der Waals surface area contributed by atoms with E-state index in [9.17, 15) is 10.1 Å². The third-order valence-electron chi connectivity index (χ3n) is 3.92. The van der Waals surface area contributed by atoms with Crippen LogP contribution in [0.15, 0.2) is 48.3 Å². The fourth-order valence-corrected chi connectivity index (χ4v) is 2.56. The van der Waals surface area contributed by atoms with Crippen LogP contribution in [0.1, 0.15) is 36.6 Å². The quantitative estimate of drug-likeness (QED) is 0.576. The van der Waals surface area contributed by atoms with Crippen LogP contribution < -0.4 is 15.4 Å². The molecule has 1 aromatic carbocycles. The zero-order chi connectivity index (χ0) is 19.8. The Bertz CT molecular complexity index is 884. The topological polar surface area (TPSA) is 87.0 Å². The van der Waals surface area contributed by atoms with Crippen LogP contribution in [0, 0.1) is 25.2 Å². The lowest BCUT2D eigenvalue weighted by molar-refractivity contribution is -0.117. The van der Waals surface area contributed by atoms with Gasteiger partial charge in [-0.3, -0.25) is 4.79 Å². The molecule has 1 aromatic heterocycles. The first-order valence-corrected chi connectivity index (χ1v) is 8.78. The predicted molar refractivity (Wildman–Crippen MR) is 105 cm³/mol.